The molecule has 1 N–H and O–H groups in total. The molecule has 0 radical (unpaired) electrons. The van der Waals surface area contributed by atoms with Gasteiger partial charge in [-0.3, -0.25) is 4.90 Å². The number of β-amino-alcohol motifs (C(OH)–C–C–N with tert-alkyl or cyclic N) is 1. The standard InChI is InChI=1S/C14H21ClN2O3S/c1-12-2-4-14(5-3-12)21(19,20)17-8-6-16(7-9-17)11-13(18)10-15/h2-5,13,18H,6-11H2,1H3/t13-/m1/s1. The highest BCUT2D eigenvalue weighted by atomic mass is 35.5. The Kier molecular flexibility index (Phi) is 5.62. The summed E-state index contributed by atoms with van der Waals surface area (Å²) < 4.78 is 26.5. The topological polar surface area (TPSA) is 60.9 Å². The summed E-state index contributed by atoms with van der Waals surface area (Å²) in [6.45, 7) is 4.51. The molecule has 7 heteroatoms. The third-order valence-electron chi connectivity index (χ3n) is 3.64. The van der Waals surface area contributed by atoms with Crippen molar-refractivity contribution in [2.75, 3.05) is 38.6 Å². The number of alkyl halides is 1. The van der Waals surface area contributed by atoms with Crippen molar-refractivity contribution < 1.29 is 13.5 Å². The number of rotatable bonds is 5. The van der Waals surface area contributed by atoms with Crippen molar-refractivity contribution in [1.29, 1.82) is 0 Å². The fourth-order valence-electron chi connectivity index (χ4n) is 2.36. The summed E-state index contributed by atoms with van der Waals surface area (Å²) in [6, 6.07) is 6.91. The van der Waals surface area contributed by atoms with Gasteiger partial charge in [-0.15, -0.1) is 11.6 Å². The summed E-state index contributed by atoms with van der Waals surface area (Å²) >= 11 is 5.58. The van der Waals surface area contributed by atoms with Gasteiger partial charge >= 0.3 is 0 Å². The number of halogens is 1. The minimum atomic E-state index is -3.42. The van der Waals surface area contributed by atoms with E-state index >= 15 is 0 Å². The zero-order valence-corrected chi connectivity index (χ0v) is 13.6. The number of aliphatic hydroxyl groups excluding tert-OH is 1. The maximum Gasteiger partial charge on any atom is 0.243 e. The van der Waals surface area contributed by atoms with Gasteiger partial charge in [0.25, 0.3) is 0 Å². The van der Waals surface area contributed by atoms with E-state index in [4.69, 9.17) is 11.6 Å². The van der Waals surface area contributed by atoms with Gasteiger partial charge in [0.2, 0.25) is 10.0 Å². The number of aliphatic hydroxyl groups is 1. The second kappa shape index (κ2) is 7.07. The van der Waals surface area contributed by atoms with E-state index < -0.39 is 16.1 Å². The van der Waals surface area contributed by atoms with Crippen LogP contribution in [0.3, 0.4) is 0 Å². The quantitative estimate of drug-likeness (QED) is 0.814. The molecule has 0 unspecified atom stereocenters. The van der Waals surface area contributed by atoms with Crippen LogP contribution < -0.4 is 0 Å². The van der Waals surface area contributed by atoms with Crippen LogP contribution >= 0.6 is 11.6 Å². The predicted molar refractivity (Wildman–Crippen MR) is 83.1 cm³/mol. The maximum absolute atomic E-state index is 12.5. The molecule has 1 saturated heterocycles. The van der Waals surface area contributed by atoms with Crippen LogP contribution in [0.15, 0.2) is 29.2 Å². The smallest absolute Gasteiger partial charge is 0.243 e. The molecule has 1 fully saturated rings. The summed E-state index contributed by atoms with van der Waals surface area (Å²) in [5.41, 5.74) is 1.04. The SMILES string of the molecule is Cc1ccc(S(=O)(=O)N2CCN(C[C@H](O)CCl)CC2)cc1. The lowest BCUT2D eigenvalue weighted by Gasteiger charge is -2.34. The number of hydrogen-bond donors (Lipinski definition) is 1. The normalized spacial score (nSPS) is 19.6. The minimum absolute atomic E-state index is 0.196. The Morgan fingerprint density at radius 3 is 2.29 bits per heavy atom. The Morgan fingerprint density at radius 1 is 1.19 bits per heavy atom. The van der Waals surface area contributed by atoms with Crippen molar-refractivity contribution in [1.82, 2.24) is 9.21 Å². The molecule has 0 saturated carbocycles. The van der Waals surface area contributed by atoms with Crippen molar-refractivity contribution in [3.8, 4) is 0 Å². The molecule has 0 aliphatic carbocycles. The predicted octanol–water partition coefficient (Wildman–Crippen LogP) is 0.901. The lowest BCUT2D eigenvalue weighted by Crippen LogP contribution is -2.50. The third-order valence-corrected chi connectivity index (χ3v) is 5.91. The van der Waals surface area contributed by atoms with E-state index in [2.05, 4.69) is 0 Å². The first-order valence-electron chi connectivity index (χ1n) is 6.96. The highest BCUT2D eigenvalue weighted by Crippen LogP contribution is 2.18. The van der Waals surface area contributed by atoms with Gasteiger partial charge < -0.3 is 5.11 Å². The molecule has 1 aliphatic rings. The Hall–Kier alpha value is -0.660. The third kappa shape index (κ3) is 4.17. The van der Waals surface area contributed by atoms with E-state index in [1.807, 2.05) is 11.8 Å². The Labute approximate surface area is 131 Å². The number of piperazine rings is 1. The van der Waals surface area contributed by atoms with Crippen molar-refractivity contribution in [2.45, 2.75) is 17.9 Å². The second-order valence-electron chi connectivity index (χ2n) is 5.33. The van der Waals surface area contributed by atoms with Crippen LogP contribution in [0.1, 0.15) is 5.56 Å². The number of hydrogen-bond acceptors (Lipinski definition) is 4. The van der Waals surface area contributed by atoms with E-state index in [0.717, 1.165) is 5.56 Å². The highest BCUT2D eigenvalue weighted by Gasteiger charge is 2.28. The molecule has 1 atom stereocenters. The number of nitrogens with zero attached hydrogens (tertiary/aromatic N) is 2. The molecule has 0 amide bonds. The minimum Gasteiger partial charge on any atom is -0.391 e. The van der Waals surface area contributed by atoms with Crippen LogP contribution in [0.5, 0.6) is 0 Å². The van der Waals surface area contributed by atoms with Crippen molar-refractivity contribution in [3.05, 3.63) is 29.8 Å². The molecular formula is C14H21ClN2O3S. The molecule has 1 aliphatic heterocycles. The van der Waals surface area contributed by atoms with Gasteiger partial charge in [-0.05, 0) is 19.1 Å². The van der Waals surface area contributed by atoms with E-state index in [0.29, 0.717) is 37.6 Å². The molecular weight excluding hydrogens is 312 g/mol. The van der Waals surface area contributed by atoms with E-state index in [1.165, 1.54) is 4.31 Å². The molecule has 21 heavy (non-hydrogen) atoms. The van der Waals surface area contributed by atoms with Crippen LogP contribution in [0, 0.1) is 6.92 Å². The summed E-state index contributed by atoms with van der Waals surface area (Å²) in [6.07, 6.45) is -0.563. The Morgan fingerprint density at radius 2 is 1.76 bits per heavy atom. The average Bonchev–Trinajstić information content (AvgIpc) is 2.48. The Bertz CT molecular complexity index is 554. The van der Waals surface area contributed by atoms with Gasteiger partial charge in [-0.25, -0.2) is 8.42 Å². The lowest BCUT2D eigenvalue weighted by atomic mass is 10.2. The maximum atomic E-state index is 12.5. The van der Waals surface area contributed by atoms with E-state index in [1.54, 1.807) is 24.3 Å². The van der Waals surface area contributed by atoms with Crippen LogP contribution in [-0.2, 0) is 10.0 Å². The number of benzene rings is 1. The summed E-state index contributed by atoms with van der Waals surface area (Å²) in [4.78, 5) is 2.37. The van der Waals surface area contributed by atoms with Crippen LogP contribution in [0.4, 0.5) is 0 Å². The van der Waals surface area contributed by atoms with Gasteiger partial charge in [0.05, 0.1) is 11.0 Å². The van der Waals surface area contributed by atoms with Crippen LogP contribution in [0.25, 0.3) is 0 Å². The first-order chi connectivity index (χ1) is 9.93. The highest BCUT2D eigenvalue weighted by molar-refractivity contribution is 7.89. The van der Waals surface area contributed by atoms with Crippen LogP contribution in [0.2, 0.25) is 0 Å². The fourth-order valence-corrected chi connectivity index (χ4v) is 3.88. The molecule has 0 aromatic heterocycles. The van der Waals surface area contributed by atoms with Gasteiger partial charge in [-0.2, -0.15) is 4.31 Å². The zero-order chi connectivity index (χ0) is 15.5. The molecule has 0 spiro atoms. The molecule has 1 aromatic carbocycles. The first kappa shape index (κ1) is 16.7. The summed E-state index contributed by atoms with van der Waals surface area (Å²) in [5.74, 6) is 0.196. The molecule has 1 aromatic rings. The first-order valence-corrected chi connectivity index (χ1v) is 8.94. The monoisotopic (exact) mass is 332 g/mol. The lowest BCUT2D eigenvalue weighted by molar-refractivity contribution is 0.105. The molecule has 1 heterocycles. The van der Waals surface area contributed by atoms with Gasteiger partial charge in [0.15, 0.2) is 0 Å². The second-order valence-corrected chi connectivity index (χ2v) is 7.57. The number of sulfonamides is 1. The molecule has 5 nitrogen and oxygen atoms in total. The largest absolute Gasteiger partial charge is 0.391 e. The van der Waals surface area contributed by atoms with Crippen molar-refractivity contribution >= 4 is 21.6 Å². The van der Waals surface area contributed by atoms with E-state index in [-0.39, 0.29) is 5.88 Å². The van der Waals surface area contributed by atoms with Gasteiger partial charge in [-0.1, -0.05) is 17.7 Å². The molecule has 2 rings (SSSR count). The van der Waals surface area contributed by atoms with Crippen molar-refractivity contribution in [2.24, 2.45) is 0 Å². The van der Waals surface area contributed by atoms with E-state index in [9.17, 15) is 13.5 Å². The van der Waals surface area contributed by atoms with Gasteiger partial charge in [0, 0.05) is 38.6 Å². The van der Waals surface area contributed by atoms with Crippen molar-refractivity contribution in [3.63, 3.8) is 0 Å². The van der Waals surface area contributed by atoms with Crippen LogP contribution in [-0.4, -0.2) is 67.4 Å². The summed E-state index contributed by atoms with van der Waals surface area (Å²) in [7, 11) is -3.42. The Balaban J connectivity index is 1.99. The fraction of sp³-hybridized carbons (Fsp3) is 0.571. The summed E-state index contributed by atoms with van der Waals surface area (Å²) in [5, 5.41) is 9.53. The molecule has 0 bridgehead atoms. The zero-order valence-electron chi connectivity index (χ0n) is 12.1. The number of aryl methyl sites for hydroxylation is 1. The van der Waals surface area contributed by atoms with Gasteiger partial charge in [0.1, 0.15) is 0 Å². The average molecular weight is 333 g/mol. The molecule has 118 valence electrons.